The smallest absolute Gasteiger partial charge is 0.387 e. The molecule has 0 aliphatic rings. The van der Waals surface area contributed by atoms with Gasteiger partial charge in [0, 0.05) is 6.54 Å². The van der Waals surface area contributed by atoms with Gasteiger partial charge in [0.15, 0.2) is 0 Å². The molecule has 2 N–H and O–H groups in total. The maximum absolute atomic E-state index is 12.8. The molecule has 2 atom stereocenters. The van der Waals surface area contributed by atoms with Crippen LogP contribution in [-0.2, 0) is 11.0 Å². The molecular formula is C13H16F3NO2S. The number of halogens is 3. The van der Waals surface area contributed by atoms with Crippen LogP contribution < -0.4 is 5.32 Å². The van der Waals surface area contributed by atoms with Crippen molar-refractivity contribution in [1.29, 1.82) is 0 Å². The van der Waals surface area contributed by atoms with Crippen molar-refractivity contribution in [3.8, 4) is 0 Å². The number of thioether (sulfide) groups is 1. The number of aliphatic hydroxyl groups is 1. The zero-order valence-corrected chi connectivity index (χ0v) is 11.9. The average Bonchev–Trinajstić information content (AvgIpc) is 2.42. The van der Waals surface area contributed by atoms with Gasteiger partial charge in [0.1, 0.15) is 0 Å². The zero-order valence-electron chi connectivity index (χ0n) is 11.1. The summed E-state index contributed by atoms with van der Waals surface area (Å²) in [6, 6.07) is 4.79. The Labute approximate surface area is 119 Å². The maximum Gasteiger partial charge on any atom is 0.416 e. The molecule has 0 heterocycles. The Balaban J connectivity index is 2.78. The van der Waals surface area contributed by atoms with E-state index in [2.05, 4.69) is 5.32 Å². The van der Waals surface area contributed by atoms with Gasteiger partial charge in [0.25, 0.3) is 0 Å². The molecule has 1 aromatic rings. The van der Waals surface area contributed by atoms with Gasteiger partial charge in [-0.3, -0.25) is 4.79 Å². The normalized spacial score (nSPS) is 14.7. The first-order valence-corrected chi connectivity index (χ1v) is 7.20. The van der Waals surface area contributed by atoms with Crippen molar-refractivity contribution in [2.75, 3.05) is 12.8 Å². The Bertz CT molecular complexity index is 465. The number of nitrogens with one attached hydrogen (secondary N) is 1. The lowest BCUT2D eigenvalue weighted by molar-refractivity contribution is -0.139. The molecule has 1 amide bonds. The predicted octanol–water partition coefficient (Wildman–Crippen LogP) is 2.61. The summed E-state index contributed by atoms with van der Waals surface area (Å²) < 4.78 is 38.4. The minimum atomic E-state index is -4.53. The molecule has 1 rings (SSSR count). The molecule has 0 saturated heterocycles. The van der Waals surface area contributed by atoms with E-state index in [0.29, 0.717) is 0 Å². The van der Waals surface area contributed by atoms with Gasteiger partial charge < -0.3 is 10.4 Å². The van der Waals surface area contributed by atoms with Crippen LogP contribution >= 0.6 is 11.8 Å². The Morgan fingerprint density at radius 2 is 2.00 bits per heavy atom. The Hall–Kier alpha value is -1.21. The van der Waals surface area contributed by atoms with E-state index in [4.69, 9.17) is 0 Å². The van der Waals surface area contributed by atoms with Crippen molar-refractivity contribution in [2.24, 2.45) is 0 Å². The van der Waals surface area contributed by atoms with E-state index in [-0.39, 0.29) is 23.3 Å². The van der Waals surface area contributed by atoms with Crippen molar-refractivity contribution in [1.82, 2.24) is 5.32 Å². The standard InChI is InChI=1S/C13H16F3NO2S/c1-8(20-2)12(19)17-7-11(18)9-5-3-4-6-10(9)13(14,15)16/h3-6,8,11,18H,7H2,1-2H3,(H,17,19). The zero-order chi connectivity index (χ0) is 15.3. The number of amides is 1. The molecular weight excluding hydrogens is 291 g/mol. The van der Waals surface area contributed by atoms with E-state index >= 15 is 0 Å². The Morgan fingerprint density at radius 3 is 2.55 bits per heavy atom. The van der Waals surface area contributed by atoms with Crippen LogP contribution in [0.2, 0.25) is 0 Å². The van der Waals surface area contributed by atoms with Gasteiger partial charge in [-0.2, -0.15) is 24.9 Å². The van der Waals surface area contributed by atoms with E-state index < -0.39 is 17.8 Å². The monoisotopic (exact) mass is 307 g/mol. The van der Waals surface area contributed by atoms with Crippen LogP contribution in [0, 0.1) is 0 Å². The molecule has 0 aliphatic carbocycles. The molecule has 112 valence electrons. The van der Waals surface area contributed by atoms with Gasteiger partial charge >= 0.3 is 6.18 Å². The SMILES string of the molecule is CSC(C)C(=O)NCC(O)c1ccccc1C(F)(F)F. The molecule has 0 bridgehead atoms. The summed E-state index contributed by atoms with van der Waals surface area (Å²) in [6.45, 7) is 1.42. The van der Waals surface area contributed by atoms with E-state index in [1.807, 2.05) is 0 Å². The molecule has 0 aliphatic heterocycles. The Morgan fingerprint density at radius 1 is 1.40 bits per heavy atom. The van der Waals surface area contributed by atoms with E-state index in [1.54, 1.807) is 13.2 Å². The highest BCUT2D eigenvalue weighted by molar-refractivity contribution is 7.99. The van der Waals surface area contributed by atoms with Gasteiger partial charge in [-0.1, -0.05) is 18.2 Å². The number of rotatable bonds is 5. The molecule has 0 saturated carbocycles. The lowest BCUT2D eigenvalue weighted by Gasteiger charge is -2.18. The third-order valence-electron chi connectivity index (χ3n) is 2.82. The first kappa shape index (κ1) is 16.8. The maximum atomic E-state index is 12.8. The summed E-state index contributed by atoms with van der Waals surface area (Å²) in [4.78, 5) is 11.5. The number of aliphatic hydroxyl groups excluding tert-OH is 1. The largest absolute Gasteiger partial charge is 0.416 e. The molecule has 0 radical (unpaired) electrons. The van der Waals surface area contributed by atoms with E-state index in [0.717, 1.165) is 6.07 Å². The van der Waals surface area contributed by atoms with Crippen LogP contribution in [-0.4, -0.2) is 29.1 Å². The summed E-state index contributed by atoms with van der Waals surface area (Å²) in [5.74, 6) is -0.318. The molecule has 0 fully saturated rings. The number of alkyl halides is 3. The quantitative estimate of drug-likeness (QED) is 0.879. The average molecular weight is 307 g/mol. The summed E-state index contributed by atoms with van der Waals surface area (Å²) in [6.07, 6.45) is -4.18. The van der Waals surface area contributed by atoms with Gasteiger partial charge in [0.05, 0.1) is 16.9 Å². The number of benzene rings is 1. The van der Waals surface area contributed by atoms with Crippen LogP contribution in [0.1, 0.15) is 24.2 Å². The minimum Gasteiger partial charge on any atom is -0.387 e. The third-order valence-corrected chi connectivity index (χ3v) is 3.74. The second-order valence-electron chi connectivity index (χ2n) is 4.22. The second kappa shape index (κ2) is 6.99. The lowest BCUT2D eigenvalue weighted by Crippen LogP contribution is -2.34. The van der Waals surface area contributed by atoms with Crippen molar-refractivity contribution in [3.05, 3.63) is 35.4 Å². The molecule has 7 heteroatoms. The molecule has 3 nitrogen and oxygen atoms in total. The van der Waals surface area contributed by atoms with Crippen LogP contribution in [0.15, 0.2) is 24.3 Å². The highest BCUT2D eigenvalue weighted by Gasteiger charge is 2.34. The minimum absolute atomic E-state index is 0.239. The number of carbonyl (C=O) groups is 1. The summed E-state index contributed by atoms with van der Waals surface area (Å²) >= 11 is 1.31. The Kier molecular flexibility index (Phi) is 5.88. The first-order chi connectivity index (χ1) is 9.27. The van der Waals surface area contributed by atoms with Crippen molar-refractivity contribution < 1.29 is 23.1 Å². The van der Waals surface area contributed by atoms with Gasteiger partial charge in [-0.05, 0) is 24.8 Å². The topological polar surface area (TPSA) is 49.3 Å². The molecule has 0 spiro atoms. The third kappa shape index (κ3) is 4.42. The number of hydrogen-bond acceptors (Lipinski definition) is 3. The van der Waals surface area contributed by atoms with Gasteiger partial charge in [-0.15, -0.1) is 0 Å². The highest BCUT2D eigenvalue weighted by atomic mass is 32.2. The molecule has 2 unspecified atom stereocenters. The van der Waals surface area contributed by atoms with Gasteiger partial charge in [0.2, 0.25) is 5.91 Å². The van der Waals surface area contributed by atoms with E-state index in [9.17, 15) is 23.1 Å². The number of carbonyl (C=O) groups excluding carboxylic acids is 1. The summed E-state index contributed by atoms with van der Waals surface area (Å²) in [7, 11) is 0. The van der Waals surface area contributed by atoms with Crippen LogP contribution in [0.25, 0.3) is 0 Å². The van der Waals surface area contributed by atoms with Crippen molar-refractivity contribution >= 4 is 17.7 Å². The van der Waals surface area contributed by atoms with Gasteiger partial charge in [-0.25, -0.2) is 0 Å². The van der Waals surface area contributed by atoms with Crippen molar-refractivity contribution in [2.45, 2.75) is 24.5 Å². The van der Waals surface area contributed by atoms with Crippen molar-refractivity contribution in [3.63, 3.8) is 0 Å². The van der Waals surface area contributed by atoms with E-state index in [1.165, 1.54) is 30.0 Å². The highest BCUT2D eigenvalue weighted by Crippen LogP contribution is 2.34. The predicted molar refractivity (Wildman–Crippen MR) is 72.4 cm³/mol. The summed E-state index contributed by atoms with van der Waals surface area (Å²) in [5.41, 5.74) is -1.13. The molecule has 0 aromatic heterocycles. The van der Waals surface area contributed by atoms with Crippen LogP contribution in [0.5, 0.6) is 0 Å². The molecule has 1 aromatic carbocycles. The fourth-order valence-corrected chi connectivity index (χ4v) is 1.90. The first-order valence-electron chi connectivity index (χ1n) is 5.92. The van der Waals surface area contributed by atoms with Crippen LogP contribution in [0.3, 0.4) is 0 Å². The molecule has 20 heavy (non-hydrogen) atoms. The summed E-state index contributed by atoms with van der Waals surface area (Å²) in [5, 5.41) is 12.0. The number of hydrogen-bond donors (Lipinski definition) is 2. The fourth-order valence-electron chi connectivity index (χ4n) is 1.60. The lowest BCUT2D eigenvalue weighted by atomic mass is 10.0. The fraction of sp³-hybridized carbons (Fsp3) is 0.462. The van der Waals surface area contributed by atoms with Crippen LogP contribution in [0.4, 0.5) is 13.2 Å². The second-order valence-corrected chi connectivity index (χ2v) is 5.40.